The maximum absolute atomic E-state index is 12.9. The summed E-state index contributed by atoms with van der Waals surface area (Å²) in [6.07, 6.45) is 4.15. The molecule has 2 aromatic carbocycles. The number of nitrogens with zero attached hydrogens (tertiary/aromatic N) is 3. The fraction of sp³-hybridized carbons (Fsp3) is 0.208. The molecule has 2 aromatic heterocycles. The second-order valence-electron chi connectivity index (χ2n) is 7.03. The molecule has 0 unspecified atom stereocenters. The quantitative estimate of drug-likeness (QED) is 0.516. The van der Waals surface area contributed by atoms with Crippen molar-refractivity contribution in [3.8, 4) is 11.3 Å². The highest BCUT2D eigenvalue weighted by molar-refractivity contribution is 5.95. The van der Waals surface area contributed by atoms with Crippen LogP contribution in [0.3, 0.4) is 0 Å². The summed E-state index contributed by atoms with van der Waals surface area (Å²) in [7, 11) is 0. The van der Waals surface area contributed by atoms with E-state index in [4.69, 9.17) is 5.10 Å². The third kappa shape index (κ3) is 4.19. The minimum Gasteiger partial charge on any atom is -0.352 e. The van der Waals surface area contributed by atoms with Crippen LogP contribution in [0.2, 0.25) is 0 Å². The average Bonchev–Trinajstić information content (AvgIpc) is 3.20. The van der Waals surface area contributed by atoms with E-state index in [1.165, 1.54) is 5.56 Å². The highest BCUT2D eigenvalue weighted by Gasteiger charge is 2.17. The number of hydrogen-bond acceptors (Lipinski definition) is 3. The van der Waals surface area contributed by atoms with Crippen molar-refractivity contribution in [1.82, 2.24) is 19.9 Å². The van der Waals surface area contributed by atoms with Crippen molar-refractivity contribution in [3.05, 3.63) is 89.7 Å². The average molecular weight is 384 g/mol. The van der Waals surface area contributed by atoms with E-state index in [2.05, 4.69) is 29.4 Å². The van der Waals surface area contributed by atoms with Gasteiger partial charge in [-0.15, -0.1) is 0 Å². The lowest BCUT2D eigenvalue weighted by atomic mass is 10.1. The van der Waals surface area contributed by atoms with Gasteiger partial charge in [0.2, 0.25) is 0 Å². The topological polar surface area (TPSA) is 59.3 Å². The molecule has 0 spiro atoms. The molecule has 1 N–H and O–H groups in total. The fourth-order valence-electron chi connectivity index (χ4n) is 3.46. The van der Waals surface area contributed by atoms with Gasteiger partial charge in [0.05, 0.1) is 17.0 Å². The fourth-order valence-corrected chi connectivity index (χ4v) is 3.46. The molecule has 1 amide bonds. The molecule has 0 bridgehead atoms. The van der Waals surface area contributed by atoms with Crippen molar-refractivity contribution in [2.24, 2.45) is 0 Å². The van der Waals surface area contributed by atoms with Crippen molar-refractivity contribution >= 4 is 11.6 Å². The summed E-state index contributed by atoms with van der Waals surface area (Å²) >= 11 is 0. The minimum absolute atomic E-state index is 0.101. The van der Waals surface area contributed by atoms with Crippen molar-refractivity contribution in [1.29, 1.82) is 0 Å². The number of aromatic nitrogens is 3. The Kier molecular flexibility index (Phi) is 5.66. The maximum Gasteiger partial charge on any atom is 0.254 e. The largest absolute Gasteiger partial charge is 0.352 e. The Labute approximate surface area is 170 Å². The Balaban J connectivity index is 1.59. The monoisotopic (exact) mass is 384 g/mol. The van der Waals surface area contributed by atoms with Crippen molar-refractivity contribution in [2.45, 2.75) is 26.2 Å². The number of carbonyl (C=O) groups is 1. The predicted molar refractivity (Wildman–Crippen MR) is 115 cm³/mol. The van der Waals surface area contributed by atoms with Crippen LogP contribution in [0.25, 0.3) is 16.9 Å². The third-order valence-electron chi connectivity index (χ3n) is 4.93. The van der Waals surface area contributed by atoms with E-state index >= 15 is 0 Å². The van der Waals surface area contributed by atoms with E-state index in [-0.39, 0.29) is 5.91 Å². The van der Waals surface area contributed by atoms with E-state index in [9.17, 15) is 4.79 Å². The van der Waals surface area contributed by atoms with Gasteiger partial charge in [0.25, 0.3) is 5.91 Å². The summed E-state index contributed by atoms with van der Waals surface area (Å²) in [5, 5.41) is 7.78. The zero-order valence-electron chi connectivity index (χ0n) is 16.5. The van der Waals surface area contributed by atoms with Gasteiger partial charge in [0.1, 0.15) is 0 Å². The third-order valence-corrected chi connectivity index (χ3v) is 4.93. The molecule has 0 atom stereocenters. The normalized spacial score (nSPS) is 10.9. The number of benzene rings is 2. The highest BCUT2D eigenvalue weighted by atomic mass is 16.1. The molecule has 0 aliphatic carbocycles. The molecule has 4 rings (SSSR count). The lowest BCUT2D eigenvalue weighted by Crippen LogP contribution is -2.27. The predicted octanol–water partition coefficient (Wildman–Crippen LogP) is 4.32. The number of aryl methyl sites for hydroxylation is 1. The minimum atomic E-state index is -0.101. The molecule has 0 radical (unpaired) electrons. The molecule has 0 saturated carbocycles. The van der Waals surface area contributed by atoms with Crippen LogP contribution in [0.15, 0.2) is 72.9 Å². The summed E-state index contributed by atoms with van der Waals surface area (Å²) in [6.45, 7) is 2.69. The Morgan fingerprint density at radius 3 is 2.45 bits per heavy atom. The molecule has 0 saturated heterocycles. The lowest BCUT2D eigenvalue weighted by Gasteiger charge is -2.11. The van der Waals surface area contributed by atoms with Gasteiger partial charge in [-0.05, 0) is 18.4 Å². The van der Waals surface area contributed by atoms with Crippen LogP contribution in [0.4, 0.5) is 0 Å². The molecule has 0 fully saturated rings. The Bertz CT molecular complexity index is 1100. The first-order valence-electron chi connectivity index (χ1n) is 10.0. The number of carbonyl (C=O) groups excluding carboxylic acids is 1. The number of rotatable bonds is 7. The molecule has 5 nitrogen and oxygen atoms in total. The Morgan fingerprint density at radius 2 is 1.72 bits per heavy atom. The van der Waals surface area contributed by atoms with Gasteiger partial charge in [0, 0.05) is 24.4 Å². The molecule has 0 aliphatic heterocycles. The van der Waals surface area contributed by atoms with Gasteiger partial charge in [0.15, 0.2) is 5.65 Å². The first-order valence-corrected chi connectivity index (χ1v) is 10.0. The van der Waals surface area contributed by atoms with E-state index in [1.807, 2.05) is 59.1 Å². The lowest BCUT2D eigenvalue weighted by molar-refractivity contribution is 0.0952. The van der Waals surface area contributed by atoms with Gasteiger partial charge < -0.3 is 5.32 Å². The van der Waals surface area contributed by atoms with Crippen LogP contribution < -0.4 is 5.32 Å². The molecule has 0 aliphatic rings. The van der Waals surface area contributed by atoms with E-state index in [0.29, 0.717) is 12.1 Å². The SMILES string of the molecule is CCCc1c(C(=O)NCCc2ccccc2)cnc2cc(-c3ccccc3)nn12. The summed E-state index contributed by atoms with van der Waals surface area (Å²) in [5.41, 5.74) is 5.35. The summed E-state index contributed by atoms with van der Waals surface area (Å²) in [5.74, 6) is -0.101. The zero-order valence-corrected chi connectivity index (χ0v) is 16.5. The van der Waals surface area contributed by atoms with Crippen LogP contribution in [0.5, 0.6) is 0 Å². The van der Waals surface area contributed by atoms with Gasteiger partial charge >= 0.3 is 0 Å². The second kappa shape index (κ2) is 8.69. The van der Waals surface area contributed by atoms with Crippen molar-refractivity contribution < 1.29 is 4.79 Å². The molecule has 4 aromatic rings. The molecular formula is C24H24N4O. The summed E-state index contributed by atoms with van der Waals surface area (Å²) < 4.78 is 1.82. The first-order chi connectivity index (χ1) is 14.3. The molecule has 5 heteroatoms. The maximum atomic E-state index is 12.9. The Morgan fingerprint density at radius 1 is 1.00 bits per heavy atom. The van der Waals surface area contributed by atoms with Gasteiger partial charge in [-0.25, -0.2) is 9.50 Å². The van der Waals surface area contributed by atoms with Crippen molar-refractivity contribution in [3.63, 3.8) is 0 Å². The van der Waals surface area contributed by atoms with E-state index < -0.39 is 0 Å². The molecule has 2 heterocycles. The summed E-state index contributed by atoms with van der Waals surface area (Å²) in [6, 6.07) is 22.1. The first kappa shape index (κ1) is 18.9. The van der Waals surface area contributed by atoms with Crippen LogP contribution in [0.1, 0.15) is 35.0 Å². The number of hydrogen-bond donors (Lipinski definition) is 1. The van der Waals surface area contributed by atoms with Crippen LogP contribution in [-0.4, -0.2) is 27.0 Å². The number of nitrogens with one attached hydrogen (secondary N) is 1. The second-order valence-corrected chi connectivity index (χ2v) is 7.03. The van der Waals surface area contributed by atoms with E-state index in [0.717, 1.165) is 41.9 Å². The smallest absolute Gasteiger partial charge is 0.254 e. The number of fused-ring (bicyclic) bond motifs is 1. The standard InChI is InChI=1S/C24H24N4O/c1-2-9-22-20(24(29)25-15-14-18-10-5-3-6-11-18)17-26-23-16-21(27-28(22)23)19-12-7-4-8-13-19/h3-8,10-13,16-17H,2,9,14-15H2,1H3,(H,25,29). The van der Waals surface area contributed by atoms with Gasteiger partial charge in [-0.1, -0.05) is 74.0 Å². The van der Waals surface area contributed by atoms with Gasteiger partial charge in [-0.2, -0.15) is 5.10 Å². The van der Waals surface area contributed by atoms with Crippen LogP contribution in [0, 0.1) is 0 Å². The van der Waals surface area contributed by atoms with Gasteiger partial charge in [-0.3, -0.25) is 4.79 Å². The molecular weight excluding hydrogens is 360 g/mol. The number of amides is 1. The molecule has 146 valence electrons. The van der Waals surface area contributed by atoms with Crippen molar-refractivity contribution in [2.75, 3.05) is 6.54 Å². The molecule has 29 heavy (non-hydrogen) atoms. The van der Waals surface area contributed by atoms with E-state index in [1.54, 1.807) is 6.20 Å². The van der Waals surface area contributed by atoms with Crippen LogP contribution in [-0.2, 0) is 12.8 Å². The Hall–Kier alpha value is -3.47. The zero-order chi connectivity index (χ0) is 20.1. The highest BCUT2D eigenvalue weighted by Crippen LogP contribution is 2.21. The van der Waals surface area contributed by atoms with Crippen LogP contribution >= 0.6 is 0 Å². The summed E-state index contributed by atoms with van der Waals surface area (Å²) in [4.78, 5) is 17.4.